The molecule has 1 aromatic carbocycles. The quantitative estimate of drug-likeness (QED) is 0.748. The van der Waals surface area contributed by atoms with Crippen LogP contribution in [0.2, 0.25) is 0 Å². The Balaban J connectivity index is 1.66. The van der Waals surface area contributed by atoms with Gasteiger partial charge in [0, 0.05) is 6.54 Å². The second-order valence-electron chi connectivity index (χ2n) is 5.18. The number of aromatic nitrogens is 5. The molecule has 0 spiro atoms. The lowest BCUT2D eigenvalue weighted by Gasteiger charge is -2.22. The van der Waals surface area contributed by atoms with Gasteiger partial charge in [0.1, 0.15) is 11.6 Å². The van der Waals surface area contributed by atoms with Gasteiger partial charge in [0.15, 0.2) is 0 Å². The van der Waals surface area contributed by atoms with Crippen molar-refractivity contribution >= 4 is 17.0 Å². The Morgan fingerprint density at radius 1 is 1.30 bits per heavy atom. The van der Waals surface area contributed by atoms with Crippen LogP contribution in [-0.4, -0.2) is 24.7 Å². The number of rotatable bonds is 2. The minimum atomic E-state index is 0.172. The number of anilines is 1. The molecule has 2 N–H and O–H groups in total. The largest absolute Gasteiger partial charge is 0.346 e. The second-order valence-corrected chi connectivity index (χ2v) is 5.18. The monoisotopic (exact) mass is 268 g/mol. The lowest BCUT2D eigenvalue weighted by Crippen LogP contribution is -2.23. The third kappa shape index (κ3) is 1.84. The van der Waals surface area contributed by atoms with E-state index in [9.17, 15) is 0 Å². The van der Waals surface area contributed by atoms with Crippen molar-refractivity contribution in [3.8, 4) is 0 Å². The van der Waals surface area contributed by atoms with Crippen molar-refractivity contribution < 1.29 is 0 Å². The number of nitrogens with one attached hydrogen (secondary N) is 2. The summed E-state index contributed by atoms with van der Waals surface area (Å²) < 4.78 is 2.00. The SMILES string of the molecule is Cc1nc2n(n1)CCCC2Nc1nc2ccccc2[nH]1. The molecule has 0 saturated carbocycles. The number of para-hydroxylation sites is 2. The van der Waals surface area contributed by atoms with E-state index < -0.39 is 0 Å². The van der Waals surface area contributed by atoms with Crippen LogP contribution in [0.1, 0.15) is 30.5 Å². The molecule has 0 fully saturated rings. The Kier molecular flexibility index (Phi) is 2.48. The predicted octanol–water partition coefficient (Wildman–Crippen LogP) is 2.41. The molecule has 1 aliphatic rings. The zero-order valence-electron chi connectivity index (χ0n) is 11.3. The van der Waals surface area contributed by atoms with Gasteiger partial charge in [-0.05, 0) is 31.9 Å². The highest BCUT2D eigenvalue weighted by Crippen LogP contribution is 2.27. The molecule has 3 aromatic rings. The summed E-state index contributed by atoms with van der Waals surface area (Å²) in [6, 6.07) is 8.20. The highest BCUT2D eigenvalue weighted by Gasteiger charge is 2.24. The van der Waals surface area contributed by atoms with E-state index in [1.807, 2.05) is 35.9 Å². The van der Waals surface area contributed by atoms with Gasteiger partial charge >= 0.3 is 0 Å². The molecule has 0 saturated heterocycles. The van der Waals surface area contributed by atoms with E-state index in [2.05, 4.69) is 25.4 Å². The fourth-order valence-corrected chi connectivity index (χ4v) is 2.79. The Hall–Kier alpha value is -2.37. The number of hydrogen-bond acceptors (Lipinski definition) is 4. The van der Waals surface area contributed by atoms with Crippen molar-refractivity contribution in [1.82, 2.24) is 24.7 Å². The van der Waals surface area contributed by atoms with Crippen LogP contribution >= 0.6 is 0 Å². The van der Waals surface area contributed by atoms with Crippen LogP contribution in [0, 0.1) is 6.92 Å². The Morgan fingerprint density at radius 3 is 3.10 bits per heavy atom. The van der Waals surface area contributed by atoms with E-state index in [1.165, 1.54) is 0 Å². The zero-order chi connectivity index (χ0) is 13.5. The number of aromatic amines is 1. The van der Waals surface area contributed by atoms with Crippen molar-refractivity contribution in [3.63, 3.8) is 0 Å². The lowest BCUT2D eigenvalue weighted by molar-refractivity contribution is 0.436. The number of benzene rings is 1. The van der Waals surface area contributed by atoms with E-state index in [0.717, 1.165) is 48.0 Å². The lowest BCUT2D eigenvalue weighted by atomic mass is 10.1. The smallest absolute Gasteiger partial charge is 0.201 e. The van der Waals surface area contributed by atoms with Crippen LogP contribution in [0.25, 0.3) is 11.0 Å². The molecule has 2 aromatic heterocycles. The maximum absolute atomic E-state index is 4.56. The van der Waals surface area contributed by atoms with Crippen molar-refractivity contribution in [1.29, 1.82) is 0 Å². The summed E-state index contributed by atoms with van der Waals surface area (Å²) in [6.45, 7) is 2.89. The zero-order valence-corrected chi connectivity index (χ0v) is 11.3. The molecule has 4 rings (SSSR count). The first kappa shape index (κ1) is 11.5. The Labute approximate surface area is 116 Å². The van der Waals surface area contributed by atoms with E-state index in [0.29, 0.717) is 0 Å². The molecule has 102 valence electrons. The molecule has 20 heavy (non-hydrogen) atoms. The average Bonchev–Trinajstić information content (AvgIpc) is 3.01. The first-order valence-electron chi connectivity index (χ1n) is 6.92. The molecular weight excluding hydrogens is 252 g/mol. The summed E-state index contributed by atoms with van der Waals surface area (Å²) in [5.74, 6) is 2.64. The van der Waals surface area contributed by atoms with Gasteiger partial charge in [-0.2, -0.15) is 5.10 Å². The number of H-pyrrole nitrogens is 1. The minimum Gasteiger partial charge on any atom is -0.346 e. The van der Waals surface area contributed by atoms with Crippen LogP contribution in [0.3, 0.4) is 0 Å². The molecule has 1 unspecified atom stereocenters. The van der Waals surface area contributed by atoms with E-state index in [4.69, 9.17) is 0 Å². The van der Waals surface area contributed by atoms with Gasteiger partial charge in [0.05, 0.1) is 17.1 Å². The van der Waals surface area contributed by atoms with Gasteiger partial charge in [-0.3, -0.25) is 0 Å². The van der Waals surface area contributed by atoms with Crippen LogP contribution in [-0.2, 0) is 6.54 Å². The molecule has 1 atom stereocenters. The third-order valence-corrected chi connectivity index (χ3v) is 3.68. The normalized spacial score (nSPS) is 18.1. The standard InChI is InChI=1S/C14H16N6/c1-9-15-13-12(7-4-8-20(13)19-9)18-14-16-10-5-2-3-6-11(10)17-14/h2-3,5-6,12H,4,7-8H2,1H3,(H2,16,17,18). The van der Waals surface area contributed by atoms with Crippen molar-refractivity contribution in [2.24, 2.45) is 0 Å². The van der Waals surface area contributed by atoms with Gasteiger partial charge in [-0.25, -0.2) is 14.6 Å². The summed E-state index contributed by atoms with van der Waals surface area (Å²) in [5, 5.41) is 7.87. The van der Waals surface area contributed by atoms with Crippen molar-refractivity contribution in [2.75, 3.05) is 5.32 Å². The molecule has 6 nitrogen and oxygen atoms in total. The van der Waals surface area contributed by atoms with Crippen molar-refractivity contribution in [2.45, 2.75) is 32.4 Å². The van der Waals surface area contributed by atoms with E-state index >= 15 is 0 Å². The molecule has 0 radical (unpaired) electrons. The number of imidazole rings is 1. The number of hydrogen-bond donors (Lipinski definition) is 2. The maximum Gasteiger partial charge on any atom is 0.201 e. The number of fused-ring (bicyclic) bond motifs is 2. The fraction of sp³-hybridized carbons (Fsp3) is 0.357. The Morgan fingerprint density at radius 2 is 2.20 bits per heavy atom. The molecule has 1 aliphatic heterocycles. The summed E-state index contributed by atoms with van der Waals surface area (Å²) in [6.07, 6.45) is 2.16. The molecular formula is C14H16N6. The number of aryl methyl sites for hydroxylation is 2. The molecule has 6 heteroatoms. The fourth-order valence-electron chi connectivity index (χ4n) is 2.79. The minimum absolute atomic E-state index is 0.172. The highest BCUT2D eigenvalue weighted by molar-refractivity contribution is 5.77. The first-order valence-corrected chi connectivity index (χ1v) is 6.92. The van der Waals surface area contributed by atoms with Crippen molar-refractivity contribution in [3.05, 3.63) is 35.9 Å². The predicted molar refractivity (Wildman–Crippen MR) is 76.5 cm³/mol. The summed E-state index contributed by atoms with van der Waals surface area (Å²) in [7, 11) is 0. The molecule has 3 heterocycles. The van der Waals surface area contributed by atoms with Crippen LogP contribution in [0.4, 0.5) is 5.95 Å². The van der Waals surface area contributed by atoms with Crippen LogP contribution in [0.15, 0.2) is 24.3 Å². The van der Waals surface area contributed by atoms with Gasteiger partial charge < -0.3 is 10.3 Å². The molecule has 0 aliphatic carbocycles. The average molecular weight is 268 g/mol. The van der Waals surface area contributed by atoms with Crippen LogP contribution < -0.4 is 5.32 Å². The summed E-state index contributed by atoms with van der Waals surface area (Å²) in [5.41, 5.74) is 2.02. The van der Waals surface area contributed by atoms with Gasteiger partial charge in [-0.15, -0.1) is 0 Å². The van der Waals surface area contributed by atoms with Gasteiger partial charge in [0.25, 0.3) is 0 Å². The van der Waals surface area contributed by atoms with Gasteiger partial charge in [0.2, 0.25) is 5.95 Å². The first-order chi connectivity index (χ1) is 9.79. The van der Waals surface area contributed by atoms with E-state index in [-0.39, 0.29) is 6.04 Å². The topological polar surface area (TPSA) is 71.4 Å². The van der Waals surface area contributed by atoms with Gasteiger partial charge in [-0.1, -0.05) is 12.1 Å². The number of nitrogens with zero attached hydrogens (tertiary/aromatic N) is 4. The summed E-state index contributed by atoms with van der Waals surface area (Å²) >= 11 is 0. The maximum atomic E-state index is 4.56. The highest BCUT2D eigenvalue weighted by atomic mass is 15.4. The third-order valence-electron chi connectivity index (χ3n) is 3.68. The van der Waals surface area contributed by atoms with Crippen LogP contribution in [0.5, 0.6) is 0 Å². The second kappa shape index (κ2) is 4.33. The molecule has 0 bridgehead atoms. The Bertz CT molecular complexity index is 723. The summed E-state index contributed by atoms with van der Waals surface area (Å²) in [4.78, 5) is 12.4. The molecule has 0 amide bonds. The van der Waals surface area contributed by atoms with E-state index in [1.54, 1.807) is 0 Å².